The van der Waals surface area contributed by atoms with E-state index in [2.05, 4.69) is 12.2 Å². The molecule has 3 N–H and O–H groups in total. The zero-order valence-electron chi connectivity index (χ0n) is 11.3. The highest BCUT2D eigenvalue weighted by Gasteiger charge is 2.08. The van der Waals surface area contributed by atoms with Gasteiger partial charge in [0, 0.05) is 12.6 Å². The van der Waals surface area contributed by atoms with Crippen LogP contribution in [0.4, 0.5) is 10.1 Å². The van der Waals surface area contributed by atoms with Crippen LogP contribution in [0.1, 0.15) is 45.4 Å². The lowest BCUT2D eigenvalue weighted by molar-refractivity contribution is 0.559. The van der Waals surface area contributed by atoms with Crippen molar-refractivity contribution < 1.29 is 4.39 Å². The summed E-state index contributed by atoms with van der Waals surface area (Å²) >= 11 is 0. The maximum absolute atomic E-state index is 13.5. The van der Waals surface area contributed by atoms with Crippen molar-refractivity contribution in [3.63, 3.8) is 0 Å². The summed E-state index contributed by atoms with van der Waals surface area (Å²) in [5.74, 6) is -0.207. The van der Waals surface area contributed by atoms with Crippen LogP contribution in [0.15, 0.2) is 24.3 Å². The summed E-state index contributed by atoms with van der Waals surface area (Å²) in [5, 5.41) is 3.19. The minimum Gasteiger partial charge on any atom is -0.379 e. The first kappa shape index (κ1) is 15.0. The maximum Gasteiger partial charge on any atom is 0.146 e. The topological polar surface area (TPSA) is 38.0 Å². The lowest BCUT2D eigenvalue weighted by Gasteiger charge is -2.18. The minimum absolute atomic E-state index is 0.170. The van der Waals surface area contributed by atoms with E-state index in [9.17, 15) is 4.39 Å². The first-order chi connectivity index (χ1) is 8.77. The van der Waals surface area contributed by atoms with Gasteiger partial charge in [0.25, 0.3) is 0 Å². The Balaban J connectivity index is 2.31. The van der Waals surface area contributed by atoms with E-state index in [0.717, 1.165) is 12.8 Å². The molecule has 3 heteroatoms. The average Bonchev–Trinajstić information content (AvgIpc) is 2.39. The molecule has 0 radical (unpaired) electrons. The fourth-order valence-corrected chi connectivity index (χ4v) is 2.04. The molecule has 1 unspecified atom stereocenters. The van der Waals surface area contributed by atoms with E-state index in [1.165, 1.54) is 31.7 Å². The molecular formula is C15H25FN2. The van der Waals surface area contributed by atoms with Gasteiger partial charge in [-0.15, -0.1) is 0 Å². The highest BCUT2D eigenvalue weighted by atomic mass is 19.1. The monoisotopic (exact) mass is 252 g/mol. The molecule has 0 spiro atoms. The molecule has 1 rings (SSSR count). The molecule has 0 saturated heterocycles. The van der Waals surface area contributed by atoms with Gasteiger partial charge >= 0.3 is 0 Å². The summed E-state index contributed by atoms with van der Waals surface area (Å²) in [6.07, 6.45) is 7.25. The van der Waals surface area contributed by atoms with E-state index in [4.69, 9.17) is 5.73 Å². The van der Waals surface area contributed by atoms with E-state index in [0.29, 0.717) is 12.2 Å². The van der Waals surface area contributed by atoms with Gasteiger partial charge in [-0.05, 0) is 18.6 Å². The number of nitrogens with one attached hydrogen (secondary N) is 1. The summed E-state index contributed by atoms with van der Waals surface area (Å²) in [7, 11) is 0. The van der Waals surface area contributed by atoms with Crippen LogP contribution in [0, 0.1) is 5.82 Å². The Morgan fingerprint density at radius 2 is 1.89 bits per heavy atom. The van der Waals surface area contributed by atoms with E-state index in [1.54, 1.807) is 12.1 Å². The molecule has 2 nitrogen and oxygen atoms in total. The minimum atomic E-state index is -0.207. The van der Waals surface area contributed by atoms with E-state index >= 15 is 0 Å². The number of hydrogen-bond donors (Lipinski definition) is 2. The Hall–Kier alpha value is -1.09. The molecule has 0 amide bonds. The van der Waals surface area contributed by atoms with Crippen LogP contribution in [-0.4, -0.2) is 12.6 Å². The third-order valence-corrected chi connectivity index (χ3v) is 3.17. The normalized spacial score (nSPS) is 12.4. The predicted octanol–water partition coefficient (Wildman–Crippen LogP) is 3.93. The summed E-state index contributed by atoms with van der Waals surface area (Å²) in [5.41, 5.74) is 6.28. The van der Waals surface area contributed by atoms with E-state index in [-0.39, 0.29) is 11.9 Å². The number of anilines is 1. The number of para-hydroxylation sites is 1. The van der Waals surface area contributed by atoms with Crippen molar-refractivity contribution in [1.29, 1.82) is 0 Å². The summed E-state index contributed by atoms with van der Waals surface area (Å²) in [6, 6.07) is 6.93. The van der Waals surface area contributed by atoms with Crippen molar-refractivity contribution >= 4 is 5.69 Å². The van der Waals surface area contributed by atoms with Crippen LogP contribution >= 0.6 is 0 Å². The molecule has 0 aliphatic rings. The summed E-state index contributed by atoms with van der Waals surface area (Å²) in [4.78, 5) is 0. The zero-order valence-corrected chi connectivity index (χ0v) is 11.3. The van der Waals surface area contributed by atoms with Crippen LogP contribution in [0.5, 0.6) is 0 Å². The first-order valence-electron chi connectivity index (χ1n) is 6.99. The van der Waals surface area contributed by atoms with Gasteiger partial charge in [0.2, 0.25) is 0 Å². The van der Waals surface area contributed by atoms with Gasteiger partial charge in [-0.2, -0.15) is 0 Å². The van der Waals surface area contributed by atoms with Crippen molar-refractivity contribution in [3.8, 4) is 0 Å². The summed E-state index contributed by atoms with van der Waals surface area (Å²) < 4.78 is 13.5. The van der Waals surface area contributed by atoms with Crippen molar-refractivity contribution in [2.45, 2.75) is 51.5 Å². The Kier molecular flexibility index (Phi) is 7.42. The van der Waals surface area contributed by atoms with Gasteiger partial charge in [-0.25, -0.2) is 4.39 Å². The molecule has 0 aliphatic carbocycles. The van der Waals surface area contributed by atoms with Gasteiger partial charge in [0.05, 0.1) is 5.69 Å². The molecule has 0 fully saturated rings. The quantitative estimate of drug-likeness (QED) is 0.654. The molecule has 1 aromatic carbocycles. The first-order valence-corrected chi connectivity index (χ1v) is 6.99. The number of hydrogen-bond acceptors (Lipinski definition) is 2. The number of nitrogens with two attached hydrogens (primary N) is 1. The molecule has 102 valence electrons. The molecule has 18 heavy (non-hydrogen) atoms. The molecule has 0 bridgehead atoms. The predicted molar refractivity (Wildman–Crippen MR) is 76.2 cm³/mol. The van der Waals surface area contributed by atoms with Gasteiger partial charge in [-0.1, -0.05) is 51.2 Å². The number of unbranched alkanes of at least 4 members (excludes halogenated alkanes) is 4. The van der Waals surface area contributed by atoms with Crippen molar-refractivity contribution in [1.82, 2.24) is 0 Å². The molecular weight excluding hydrogens is 227 g/mol. The van der Waals surface area contributed by atoms with Crippen molar-refractivity contribution in [3.05, 3.63) is 30.1 Å². The second-order valence-electron chi connectivity index (χ2n) is 4.76. The van der Waals surface area contributed by atoms with Gasteiger partial charge in [0.15, 0.2) is 0 Å². The third kappa shape index (κ3) is 5.50. The SMILES string of the molecule is CCCCCCCC(CN)Nc1ccccc1F. The van der Waals surface area contributed by atoms with Crippen molar-refractivity contribution in [2.75, 3.05) is 11.9 Å². The van der Waals surface area contributed by atoms with Gasteiger partial charge < -0.3 is 11.1 Å². The van der Waals surface area contributed by atoms with Gasteiger partial charge in [-0.3, -0.25) is 0 Å². The Morgan fingerprint density at radius 1 is 1.17 bits per heavy atom. The maximum atomic E-state index is 13.5. The molecule has 0 aliphatic heterocycles. The van der Waals surface area contributed by atoms with Crippen molar-refractivity contribution in [2.24, 2.45) is 5.73 Å². The number of halogens is 1. The second-order valence-corrected chi connectivity index (χ2v) is 4.76. The summed E-state index contributed by atoms with van der Waals surface area (Å²) in [6.45, 7) is 2.75. The fourth-order valence-electron chi connectivity index (χ4n) is 2.04. The highest BCUT2D eigenvalue weighted by Crippen LogP contribution is 2.16. The fraction of sp³-hybridized carbons (Fsp3) is 0.600. The average molecular weight is 252 g/mol. The van der Waals surface area contributed by atoms with Crippen LogP contribution in [-0.2, 0) is 0 Å². The van der Waals surface area contributed by atoms with Gasteiger partial charge in [0.1, 0.15) is 5.82 Å². The lowest BCUT2D eigenvalue weighted by Crippen LogP contribution is -2.29. The second kappa shape index (κ2) is 8.92. The molecule has 0 heterocycles. The number of benzene rings is 1. The lowest BCUT2D eigenvalue weighted by atomic mass is 10.1. The third-order valence-electron chi connectivity index (χ3n) is 3.17. The largest absolute Gasteiger partial charge is 0.379 e. The zero-order chi connectivity index (χ0) is 13.2. The molecule has 0 aromatic heterocycles. The van der Waals surface area contributed by atoms with Crippen LogP contribution in [0.2, 0.25) is 0 Å². The van der Waals surface area contributed by atoms with Crippen LogP contribution < -0.4 is 11.1 Å². The standard InChI is InChI=1S/C15H25FN2/c1-2-3-4-5-6-9-13(12-17)18-15-11-8-7-10-14(15)16/h7-8,10-11,13,18H,2-6,9,12,17H2,1H3. The Labute approximate surface area is 110 Å². The smallest absolute Gasteiger partial charge is 0.146 e. The molecule has 1 aromatic rings. The Bertz CT molecular complexity index is 328. The number of rotatable bonds is 9. The van der Waals surface area contributed by atoms with Crippen LogP contribution in [0.25, 0.3) is 0 Å². The van der Waals surface area contributed by atoms with Crippen LogP contribution in [0.3, 0.4) is 0 Å². The molecule has 0 saturated carbocycles. The highest BCUT2D eigenvalue weighted by molar-refractivity contribution is 5.45. The van der Waals surface area contributed by atoms with E-state index in [1.807, 2.05) is 6.07 Å². The Morgan fingerprint density at radius 3 is 2.56 bits per heavy atom. The molecule has 1 atom stereocenters. The van der Waals surface area contributed by atoms with E-state index < -0.39 is 0 Å².